The van der Waals surface area contributed by atoms with Crippen molar-refractivity contribution in [3.63, 3.8) is 0 Å². The van der Waals surface area contributed by atoms with Gasteiger partial charge in [0, 0.05) is 18.7 Å². The third kappa shape index (κ3) is 5.12. The van der Waals surface area contributed by atoms with Gasteiger partial charge in [-0.25, -0.2) is 8.42 Å². The summed E-state index contributed by atoms with van der Waals surface area (Å²) in [5.74, 6) is -0.770. The lowest BCUT2D eigenvalue weighted by Gasteiger charge is -2.30. The molecule has 1 aliphatic rings. The summed E-state index contributed by atoms with van der Waals surface area (Å²) in [6.07, 6.45) is -4.57. The van der Waals surface area contributed by atoms with Crippen molar-refractivity contribution >= 4 is 16.0 Å². The number of carbonyl (C=O) groups is 1. The first-order chi connectivity index (χ1) is 16.2. The van der Waals surface area contributed by atoms with E-state index in [1.165, 1.54) is 6.07 Å². The highest BCUT2D eigenvalue weighted by atomic mass is 32.2. The van der Waals surface area contributed by atoms with Crippen molar-refractivity contribution in [3.8, 4) is 11.5 Å². The predicted molar refractivity (Wildman–Crippen MR) is 112 cm³/mol. The fraction of sp³-hybridized carbons (Fsp3) is 0.318. The zero-order chi connectivity index (χ0) is 24.3. The number of alkyl halides is 3. The Balaban J connectivity index is 1.34. The zero-order valence-corrected chi connectivity index (χ0v) is 18.6. The second-order valence-electron chi connectivity index (χ2n) is 7.65. The maximum Gasteiger partial charge on any atom is 0.417 e. The van der Waals surface area contributed by atoms with E-state index < -0.39 is 38.5 Å². The molecule has 1 saturated heterocycles. The number of piperidine rings is 1. The minimum atomic E-state index is -4.80. The summed E-state index contributed by atoms with van der Waals surface area (Å²) in [6, 6.07) is 13.1. The van der Waals surface area contributed by atoms with Crippen LogP contribution in [-0.4, -0.2) is 42.0 Å². The average molecular weight is 495 g/mol. The smallest absolute Gasteiger partial charge is 0.417 e. The van der Waals surface area contributed by atoms with Gasteiger partial charge in [0.05, 0.1) is 16.4 Å². The molecule has 2 heterocycles. The molecule has 34 heavy (non-hydrogen) atoms. The topological polar surface area (TPSA) is 103 Å². The molecule has 8 nitrogen and oxygen atoms in total. The molecule has 0 N–H and O–H groups in total. The highest BCUT2D eigenvalue weighted by Gasteiger charge is 2.40. The van der Waals surface area contributed by atoms with Gasteiger partial charge in [0.15, 0.2) is 6.61 Å². The number of benzene rings is 2. The lowest BCUT2D eigenvalue weighted by molar-refractivity contribution is -0.151. The number of hydrogen-bond acceptors (Lipinski definition) is 7. The summed E-state index contributed by atoms with van der Waals surface area (Å²) >= 11 is 0. The SMILES string of the molecule is O=C(OCc1nnc(-c2ccccc2)o1)C1CCN(S(=O)(=O)c2ccccc2C(F)(F)F)CC1. The highest BCUT2D eigenvalue weighted by Crippen LogP contribution is 2.36. The van der Waals surface area contributed by atoms with Crippen LogP contribution >= 0.6 is 0 Å². The third-order valence-corrected chi connectivity index (χ3v) is 7.38. The molecule has 4 rings (SSSR count). The van der Waals surface area contributed by atoms with E-state index in [1.54, 1.807) is 12.1 Å². The van der Waals surface area contributed by atoms with Gasteiger partial charge in [-0.1, -0.05) is 30.3 Å². The van der Waals surface area contributed by atoms with E-state index in [0.717, 1.165) is 22.5 Å². The third-order valence-electron chi connectivity index (χ3n) is 5.42. The van der Waals surface area contributed by atoms with Gasteiger partial charge >= 0.3 is 12.1 Å². The number of ether oxygens (including phenoxy) is 1. The van der Waals surface area contributed by atoms with Gasteiger partial charge in [-0.15, -0.1) is 10.2 Å². The molecular weight excluding hydrogens is 475 g/mol. The number of nitrogens with zero attached hydrogens (tertiary/aromatic N) is 3. The molecule has 2 aromatic carbocycles. The summed E-state index contributed by atoms with van der Waals surface area (Å²) < 4.78 is 77.2. The minimum absolute atomic E-state index is 0.104. The van der Waals surface area contributed by atoms with Crippen molar-refractivity contribution in [3.05, 3.63) is 66.1 Å². The van der Waals surface area contributed by atoms with Crippen LogP contribution in [0.2, 0.25) is 0 Å². The van der Waals surface area contributed by atoms with E-state index in [9.17, 15) is 26.4 Å². The summed E-state index contributed by atoms with van der Waals surface area (Å²) in [6.45, 7) is -0.448. The molecule has 0 atom stereocenters. The van der Waals surface area contributed by atoms with Gasteiger partial charge in [-0.3, -0.25) is 4.79 Å². The molecule has 0 spiro atoms. The molecule has 0 saturated carbocycles. The van der Waals surface area contributed by atoms with Gasteiger partial charge in [0.25, 0.3) is 5.89 Å². The Kier molecular flexibility index (Phi) is 6.71. The van der Waals surface area contributed by atoms with Crippen molar-refractivity contribution < 1.29 is 35.5 Å². The molecule has 1 aromatic heterocycles. The lowest BCUT2D eigenvalue weighted by Crippen LogP contribution is -2.41. The molecule has 3 aromatic rings. The van der Waals surface area contributed by atoms with E-state index >= 15 is 0 Å². The van der Waals surface area contributed by atoms with Gasteiger partial charge < -0.3 is 9.15 Å². The number of esters is 1. The van der Waals surface area contributed by atoms with Crippen LogP contribution in [0.3, 0.4) is 0 Å². The van der Waals surface area contributed by atoms with Gasteiger partial charge in [0.2, 0.25) is 15.9 Å². The maximum atomic E-state index is 13.3. The lowest BCUT2D eigenvalue weighted by atomic mass is 9.98. The summed E-state index contributed by atoms with van der Waals surface area (Å²) in [7, 11) is -4.38. The number of halogens is 3. The second-order valence-corrected chi connectivity index (χ2v) is 9.55. The van der Waals surface area contributed by atoms with Crippen molar-refractivity contribution in [2.24, 2.45) is 5.92 Å². The van der Waals surface area contributed by atoms with Crippen molar-refractivity contribution in [1.82, 2.24) is 14.5 Å². The average Bonchev–Trinajstić information content (AvgIpc) is 3.32. The highest BCUT2D eigenvalue weighted by molar-refractivity contribution is 7.89. The van der Waals surface area contributed by atoms with Gasteiger partial charge in [0.1, 0.15) is 0 Å². The molecule has 0 radical (unpaired) electrons. The van der Waals surface area contributed by atoms with E-state index in [4.69, 9.17) is 9.15 Å². The van der Waals surface area contributed by atoms with Crippen molar-refractivity contribution in [1.29, 1.82) is 0 Å². The number of aromatic nitrogens is 2. The second kappa shape index (κ2) is 9.55. The van der Waals surface area contributed by atoms with Crippen LogP contribution in [0.25, 0.3) is 11.5 Å². The van der Waals surface area contributed by atoms with Crippen LogP contribution in [0.15, 0.2) is 63.9 Å². The normalized spacial score (nSPS) is 15.9. The fourth-order valence-electron chi connectivity index (χ4n) is 3.66. The van der Waals surface area contributed by atoms with Crippen LogP contribution in [0.4, 0.5) is 13.2 Å². The van der Waals surface area contributed by atoms with Crippen LogP contribution in [0.1, 0.15) is 24.3 Å². The quantitative estimate of drug-likeness (QED) is 0.478. The molecule has 0 aliphatic carbocycles. The first-order valence-electron chi connectivity index (χ1n) is 10.4. The fourth-order valence-corrected chi connectivity index (χ4v) is 5.34. The molecule has 0 unspecified atom stereocenters. The Morgan fingerprint density at radius 1 is 1.03 bits per heavy atom. The van der Waals surface area contributed by atoms with Crippen LogP contribution < -0.4 is 0 Å². The molecular formula is C22H20F3N3O5S. The van der Waals surface area contributed by atoms with Gasteiger partial charge in [-0.05, 0) is 37.1 Å². The molecule has 1 fully saturated rings. The monoisotopic (exact) mass is 495 g/mol. The predicted octanol–water partition coefficient (Wildman–Crippen LogP) is 3.90. The summed E-state index contributed by atoms with van der Waals surface area (Å²) in [5, 5.41) is 7.75. The molecule has 1 aliphatic heterocycles. The summed E-state index contributed by atoms with van der Waals surface area (Å²) in [5.41, 5.74) is -0.501. The van der Waals surface area contributed by atoms with E-state index in [1.807, 2.05) is 18.2 Å². The zero-order valence-electron chi connectivity index (χ0n) is 17.7. The minimum Gasteiger partial charge on any atom is -0.455 e. The molecule has 0 bridgehead atoms. The van der Waals surface area contributed by atoms with E-state index in [0.29, 0.717) is 5.56 Å². The van der Waals surface area contributed by atoms with Crippen LogP contribution in [-0.2, 0) is 32.3 Å². The number of carbonyl (C=O) groups excluding carboxylic acids is 1. The summed E-state index contributed by atoms with van der Waals surface area (Å²) in [4.78, 5) is 11.6. The van der Waals surface area contributed by atoms with E-state index in [2.05, 4.69) is 10.2 Å². The largest absolute Gasteiger partial charge is 0.455 e. The standard InChI is InChI=1S/C22H20F3N3O5S/c23-22(24,25)17-8-4-5-9-18(17)34(30,31)28-12-10-16(11-13-28)21(29)32-14-19-26-27-20(33-19)15-6-2-1-3-7-15/h1-9,16H,10-14H2. The number of hydrogen-bond donors (Lipinski definition) is 0. The maximum absolute atomic E-state index is 13.3. The van der Waals surface area contributed by atoms with Crippen molar-refractivity contribution in [2.75, 3.05) is 13.1 Å². The van der Waals surface area contributed by atoms with Gasteiger partial charge in [-0.2, -0.15) is 17.5 Å². The Labute approximate surface area is 193 Å². The molecule has 180 valence electrons. The Hall–Kier alpha value is -3.25. The number of rotatable bonds is 6. The Bertz CT molecular complexity index is 1250. The van der Waals surface area contributed by atoms with Crippen LogP contribution in [0, 0.1) is 5.92 Å². The first-order valence-corrected chi connectivity index (χ1v) is 11.8. The van der Waals surface area contributed by atoms with Crippen LogP contribution in [0.5, 0.6) is 0 Å². The molecule has 12 heteroatoms. The first kappa shape index (κ1) is 23.9. The Morgan fingerprint density at radius 2 is 1.68 bits per heavy atom. The molecule has 0 amide bonds. The number of sulfonamides is 1. The Morgan fingerprint density at radius 3 is 2.35 bits per heavy atom. The van der Waals surface area contributed by atoms with E-state index in [-0.39, 0.29) is 44.3 Å². The van der Waals surface area contributed by atoms with Crippen molar-refractivity contribution in [2.45, 2.75) is 30.5 Å².